The minimum absolute atomic E-state index is 0.146. The van der Waals surface area contributed by atoms with Crippen LogP contribution in [0.5, 0.6) is 0 Å². The maximum Gasteiger partial charge on any atom is 0.255 e. The number of rotatable bonds is 3. The number of hydrogen-bond donors (Lipinski definition) is 1. The molecule has 0 radical (unpaired) electrons. The lowest BCUT2D eigenvalue weighted by molar-refractivity contribution is 0.0673. The van der Waals surface area contributed by atoms with E-state index >= 15 is 0 Å². The Morgan fingerprint density at radius 3 is 3.00 bits per heavy atom. The first-order chi connectivity index (χ1) is 9.11. The molecule has 1 amide bonds. The van der Waals surface area contributed by atoms with Crippen molar-refractivity contribution in [2.45, 2.75) is 19.8 Å². The first kappa shape index (κ1) is 14.5. The van der Waals surface area contributed by atoms with E-state index in [1.807, 2.05) is 37.1 Å². The maximum atomic E-state index is 12.6. The number of carbonyl (C=O) groups is 1. The highest BCUT2D eigenvalue weighted by atomic mass is 79.9. The molecule has 0 spiro atoms. The summed E-state index contributed by atoms with van der Waals surface area (Å²) in [5.41, 5.74) is 1.94. The minimum atomic E-state index is 0.146. The zero-order valence-corrected chi connectivity index (χ0v) is 13.2. The predicted molar refractivity (Wildman–Crippen MR) is 81.4 cm³/mol. The second-order valence-electron chi connectivity index (χ2n) is 5.30. The molecule has 0 bridgehead atoms. The lowest BCUT2D eigenvalue weighted by Gasteiger charge is -2.33. The normalized spacial score (nSPS) is 19.5. The number of amides is 1. The van der Waals surface area contributed by atoms with Crippen LogP contribution in [0.15, 0.2) is 22.7 Å². The molecule has 1 aliphatic rings. The molecule has 2 rings (SSSR count). The van der Waals surface area contributed by atoms with E-state index in [0.29, 0.717) is 5.92 Å². The van der Waals surface area contributed by atoms with Gasteiger partial charge < -0.3 is 10.2 Å². The van der Waals surface area contributed by atoms with Crippen LogP contribution in [0.4, 0.5) is 0 Å². The van der Waals surface area contributed by atoms with Gasteiger partial charge in [0.25, 0.3) is 5.91 Å². The summed E-state index contributed by atoms with van der Waals surface area (Å²) >= 11 is 3.50. The third-order valence-corrected chi connectivity index (χ3v) is 4.31. The highest BCUT2D eigenvalue weighted by molar-refractivity contribution is 9.10. The first-order valence-corrected chi connectivity index (χ1v) is 7.61. The van der Waals surface area contributed by atoms with Crippen LogP contribution >= 0.6 is 15.9 Å². The van der Waals surface area contributed by atoms with Gasteiger partial charge in [0.1, 0.15) is 0 Å². The molecule has 104 valence electrons. The SMILES string of the molecule is CNCC1CCCN(C(=O)c2ccc(C)cc2Br)C1. The fourth-order valence-corrected chi connectivity index (χ4v) is 3.33. The zero-order chi connectivity index (χ0) is 13.8. The predicted octanol–water partition coefficient (Wildman–Crippen LogP) is 2.83. The van der Waals surface area contributed by atoms with Crippen LogP contribution in [0.3, 0.4) is 0 Å². The molecule has 1 aliphatic heterocycles. The molecule has 0 aliphatic carbocycles. The smallest absolute Gasteiger partial charge is 0.255 e. The van der Waals surface area contributed by atoms with Gasteiger partial charge in [0.2, 0.25) is 0 Å². The summed E-state index contributed by atoms with van der Waals surface area (Å²) in [6.45, 7) is 4.75. The number of aryl methyl sites for hydroxylation is 1. The van der Waals surface area contributed by atoms with Gasteiger partial charge in [-0.1, -0.05) is 6.07 Å². The van der Waals surface area contributed by atoms with Crippen LogP contribution in [0.25, 0.3) is 0 Å². The molecular weight excluding hydrogens is 304 g/mol. The van der Waals surface area contributed by atoms with Crippen molar-refractivity contribution in [2.75, 3.05) is 26.7 Å². The second kappa shape index (κ2) is 6.53. The van der Waals surface area contributed by atoms with E-state index < -0.39 is 0 Å². The van der Waals surface area contributed by atoms with E-state index in [-0.39, 0.29) is 5.91 Å². The van der Waals surface area contributed by atoms with Crippen LogP contribution in [0.1, 0.15) is 28.8 Å². The monoisotopic (exact) mass is 324 g/mol. The topological polar surface area (TPSA) is 32.3 Å². The van der Waals surface area contributed by atoms with E-state index in [4.69, 9.17) is 0 Å². The summed E-state index contributed by atoms with van der Waals surface area (Å²) in [5.74, 6) is 0.722. The number of nitrogens with zero attached hydrogens (tertiary/aromatic N) is 1. The maximum absolute atomic E-state index is 12.6. The first-order valence-electron chi connectivity index (χ1n) is 6.82. The van der Waals surface area contributed by atoms with Gasteiger partial charge in [-0.05, 0) is 72.9 Å². The van der Waals surface area contributed by atoms with Crippen LogP contribution in [0, 0.1) is 12.8 Å². The van der Waals surface area contributed by atoms with Crippen molar-refractivity contribution in [1.82, 2.24) is 10.2 Å². The van der Waals surface area contributed by atoms with Gasteiger partial charge >= 0.3 is 0 Å². The zero-order valence-electron chi connectivity index (χ0n) is 11.6. The van der Waals surface area contributed by atoms with Crippen LogP contribution in [-0.4, -0.2) is 37.5 Å². The van der Waals surface area contributed by atoms with E-state index in [9.17, 15) is 4.79 Å². The molecule has 0 aromatic heterocycles. The third kappa shape index (κ3) is 3.57. The second-order valence-corrected chi connectivity index (χ2v) is 6.15. The Morgan fingerprint density at radius 2 is 2.32 bits per heavy atom. The summed E-state index contributed by atoms with van der Waals surface area (Å²) in [7, 11) is 1.97. The van der Waals surface area contributed by atoms with Crippen LogP contribution in [0.2, 0.25) is 0 Å². The van der Waals surface area contributed by atoms with Crippen molar-refractivity contribution < 1.29 is 4.79 Å². The van der Waals surface area contributed by atoms with Crippen LogP contribution in [-0.2, 0) is 0 Å². The Bertz CT molecular complexity index is 459. The van der Waals surface area contributed by atoms with Crippen molar-refractivity contribution in [3.8, 4) is 0 Å². The number of nitrogens with one attached hydrogen (secondary N) is 1. The molecule has 0 saturated carbocycles. The van der Waals surface area contributed by atoms with E-state index in [0.717, 1.165) is 41.7 Å². The van der Waals surface area contributed by atoms with Gasteiger partial charge in [-0.25, -0.2) is 0 Å². The number of halogens is 1. The highest BCUT2D eigenvalue weighted by Gasteiger charge is 2.25. The van der Waals surface area contributed by atoms with Crippen molar-refractivity contribution in [3.63, 3.8) is 0 Å². The summed E-state index contributed by atoms with van der Waals surface area (Å²) in [4.78, 5) is 14.5. The van der Waals surface area contributed by atoms with Crippen molar-refractivity contribution >= 4 is 21.8 Å². The Kier molecular flexibility index (Phi) is 4.99. The Labute approximate surface area is 123 Å². The standard InChI is InChI=1S/C15H21BrN2O/c1-11-5-6-13(14(16)8-11)15(19)18-7-3-4-12(10-18)9-17-2/h5-6,8,12,17H,3-4,7,9-10H2,1-2H3. The average Bonchev–Trinajstić information content (AvgIpc) is 2.39. The van der Waals surface area contributed by atoms with E-state index in [1.165, 1.54) is 6.42 Å². The molecule has 1 aromatic carbocycles. The number of likely N-dealkylation sites (tertiary alicyclic amines) is 1. The van der Waals surface area contributed by atoms with Gasteiger partial charge in [0, 0.05) is 17.6 Å². The van der Waals surface area contributed by atoms with Crippen molar-refractivity contribution in [3.05, 3.63) is 33.8 Å². The molecule has 1 heterocycles. The molecule has 1 N–H and O–H groups in total. The van der Waals surface area contributed by atoms with Gasteiger partial charge in [-0.3, -0.25) is 4.79 Å². The largest absolute Gasteiger partial charge is 0.338 e. The van der Waals surface area contributed by atoms with Gasteiger partial charge in [0.15, 0.2) is 0 Å². The van der Waals surface area contributed by atoms with Crippen molar-refractivity contribution in [2.24, 2.45) is 5.92 Å². The summed E-state index contributed by atoms with van der Waals surface area (Å²) in [5, 5.41) is 3.21. The number of piperidine rings is 1. The molecule has 3 nitrogen and oxygen atoms in total. The Hall–Kier alpha value is -0.870. The Balaban J connectivity index is 2.10. The minimum Gasteiger partial charge on any atom is -0.338 e. The lowest BCUT2D eigenvalue weighted by Crippen LogP contribution is -2.42. The average molecular weight is 325 g/mol. The molecule has 1 atom stereocenters. The molecule has 1 unspecified atom stereocenters. The van der Waals surface area contributed by atoms with Crippen LogP contribution < -0.4 is 5.32 Å². The molecule has 19 heavy (non-hydrogen) atoms. The Morgan fingerprint density at radius 1 is 1.53 bits per heavy atom. The molecule has 1 fully saturated rings. The number of carbonyl (C=O) groups excluding carboxylic acids is 1. The van der Waals surface area contributed by atoms with Crippen molar-refractivity contribution in [1.29, 1.82) is 0 Å². The summed E-state index contributed by atoms with van der Waals surface area (Å²) in [6, 6.07) is 5.92. The number of benzene rings is 1. The van der Waals surface area contributed by atoms with Gasteiger partial charge in [-0.15, -0.1) is 0 Å². The van der Waals surface area contributed by atoms with Gasteiger partial charge in [-0.2, -0.15) is 0 Å². The van der Waals surface area contributed by atoms with E-state index in [2.05, 4.69) is 21.2 Å². The quantitative estimate of drug-likeness (QED) is 0.927. The molecular formula is C15H21BrN2O. The van der Waals surface area contributed by atoms with Gasteiger partial charge in [0.05, 0.1) is 5.56 Å². The molecule has 1 aromatic rings. The third-order valence-electron chi connectivity index (χ3n) is 3.65. The summed E-state index contributed by atoms with van der Waals surface area (Å²) < 4.78 is 0.897. The fourth-order valence-electron chi connectivity index (χ4n) is 2.67. The lowest BCUT2D eigenvalue weighted by atomic mass is 9.97. The highest BCUT2D eigenvalue weighted by Crippen LogP contribution is 2.23. The van der Waals surface area contributed by atoms with E-state index in [1.54, 1.807) is 0 Å². The number of hydrogen-bond acceptors (Lipinski definition) is 2. The molecule has 1 saturated heterocycles. The summed E-state index contributed by atoms with van der Waals surface area (Å²) in [6.07, 6.45) is 2.31. The molecule has 4 heteroatoms. The fraction of sp³-hybridized carbons (Fsp3) is 0.533.